The molecule has 0 saturated heterocycles. The van der Waals surface area contributed by atoms with Crippen LogP contribution in [0.5, 0.6) is 17.2 Å². The Morgan fingerprint density at radius 2 is 1.81 bits per heavy atom. The maximum Gasteiger partial charge on any atom is 0.240 e. The average molecular weight is 354 g/mol. The van der Waals surface area contributed by atoms with Gasteiger partial charge < -0.3 is 14.2 Å². The lowest BCUT2D eigenvalue weighted by molar-refractivity contribution is -0.130. The Morgan fingerprint density at radius 3 is 2.46 bits per heavy atom. The minimum absolute atomic E-state index is 0.109. The molecule has 1 atom stereocenters. The largest absolute Gasteiger partial charge is 0.497 e. The van der Waals surface area contributed by atoms with Gasteiger partial charge in [-0.15, -0.1) is 0 Å². The predicted octanol–water partition coefficient (Wildman–Crippen LogP) is 3.41. The second kappa shape index (κ2) is 7.47. The highest BCUT2D eigenvalue weighted by Gasteiger charge is 2.32. The normalized spacial score (nSPS) is 16.2. The van der Waals surface area contributed by atoms with Crippen molar-refractivity contribution in [2.75, 3.05) is 21.3 Å². The molecule has 0 aliphatic carbocycles. The molecule has 136 valence electrons. The van der Waals surface area contributed by atoms with Crippen LogP contribution in [-0.4, -0.2) is 38.0 Å². The van der Waals surface area contributed by atoms with Gasteiger partial charge >= 0.3 is 0 Å². The van der Waals surface area contributed by atoms with Crippen LogP contribution in [-0.2, 0) is 4.79 Å². The van der Waals surface area contributed by atoms with Gasteiger partial charge in [-0.05, 0) is 29.8 Å². The average Bonchev–Trinajstić information content (AvgIpc) is 3.13. The van der Waals surface area contributed by atoms with E-state index in [1.165, 1.54) is 11.9 Å². The standard InChI is InChI=1S/C20H22N2O4/c1-13(23)22-18(15-8-9-19(25-3)20(11-15)26-4)12-17(21-22)14-6-5-7-16(10-14)24-2/h5-11,18H,12H2,1-4H3/t18-/m0/s1. The second-order valence-corrected chi connectivity index (χ2v) is 5.98. The third kappa shape index (κ3) is 3.35. The summed E-state index contributed by atoms with van der Waals surface area (Å²) < 4.78 is 16.0. The van der Waals surface area contributed by atoms with Gasteiger partial charge in [0.25, 0.3) is 0 Å². The van der Waals surface area contributed by atoms with E-state index in [2.05, 4.69) is 5.10 Å². The fraction of sp³-hybridized carbons (Fsp3) is 0.300. The molecule has 0 radical (unpaired) electrons. The van der Waals surface area contributed by atoms with Crippen molar-refractivity contribution in [3.8, 4) is 17.2 Å². The van der Waals surface area contributed by atoms with E-state index in [-0.39, 0.29) is 11.9 Å². The number of carbonyl (C=O) groups excluding carboxylic acids is 1. The smallest absolute Gasteiger partial charge is 0.240 e. The quantitative estimate of drug-likeness (QED) is 0.826. The fourth-order valence-corrected chi connectivity index (χ4v) is 3.10. The number of hydrogen-bond acceptors (Lipinski definition) is 5. The predicted molar refractivity (Wildman–Crippen MR) is 99.0 cm³/mol. The Bertz CT molecular complexity index is 847. The van der Waals surface area contributed by atoms with Gasteiger partial charge in [-0.1, -0.05) is 18.2 Å². The van der Waals surface area contributed by atoms with Crippen molar-refractivity contribution in [3.63, 3.8) is 0 Å². The first-order valence-corrected chi connectivity index (χ1v) is 8.31. The van der Waals surface area contributed by atoms with Gasteiger partial charge in [0.1, 0.15) is 5.75 Å². The van der Waals surface area contributed by atoms with Crippen LogP contribution in [0.4, 0.5) is 0 Å². The second-order valence-electron chi connectivity index (χ2n) is 5.98. The molecule has 0 saturated carbocycles. The SMILES string of the molecule is COc1cccc(C2=NN(C(C)=O)[C@H](c3ccc(OC)c(OC)c3)C2)c1. The summed E-state index contributed by atoms with van der Waals surface area (Å²) in [6.45, 7) is 1.52. The van der Waals surface area contributed by atoms with E-state index in [9.17, 15) is 4.79 Å². The number of carbonyl (C=O) groups is 1. The molecule has 0 fully saturated rings. The lowest BCUT2D eigenvalue weighted by Gasteiger charge is -2.21. The van der Waals surface area contributed by atoms with E-state index in [0.717, 1.165) is 22.6 Å². The van der Waals surface area contributed by atoms with Gasteiger partial charge in [0.2, 0.25) is 5.91 Å². The van der Waals surface area contributed by atoms with Gasteiger partial charge in [0, 0.05) is 18.9 Å². The van der Waals surface area contributed by atoms with Gasteiger partial charge in [0.15, 0.2) is 11.5 Å². The van der Waals surface area contributed by atoms with Crippen LogP contribution < -0.4 is 14.2 Å². The molecule has 6 nitrogen and oxygen atoms in total. The van der Waals surface area contributed by atoms with Gasteiger partial charge in [-0.25, -0.2) is 5.01 Å². The summed E-state index contributed by atoms with van der Waals surface area (Å²) in [6.07, 6.45) is 0.613. The summed E-state index contributed by atoms with van der Waals surface area (Å²) in [6, 6.07) is 13.2. The molecule has 0 spiro atoms. The van der Waals surface area contributed by atoms with Crippen molar-refractivity contribution >= 4 is 11.6 Å². The van der Waals surface area contributed by atoms with Crippen molar-refractivity contribution in [1.29, 1.82) is 0 Å². The molecular formula is C20H22N2O4. The number of hydrogen-bond donors (Lipinski definition) is 0. The lowest BCUT2D eigenvalue weighted by Crippen LogP contribution is -2.24. The van der Waals surface area contributed by atoms with Crippen LogP contribution in [0.15, 0.2) is 47.6 Å². The van der Waals surface area contributed by atoms with E-state index in [0.29, 0.717) is 17.9 Å². The van der Waals surface area contributed by atoms with Crippen LogP contribution in [0.1, 0.15) is 30.5 Å². The lowest BCUT2D eigenvalue weighted by atomic mass is 9.98. The van der Waals surface area contributed by atoms with Crippen LogP contribution in [0.3, 0.4) is 0 Å². The fourth-order valence-electron chi connectivity index (χ4n) is 3.10. The highest BCUT2D eigenvalue weighted by Crippen LogP contribution is 2.37. The molecular weight excluding hydrogens is 332 g/mol. The van der Waals surface area contributed by atoms with Crippen LogP contribution >= 0.6 is 0 Å². The Morgan fingerprint density at radius 1 is 1.04 bits per heavy atom. The minimum Gasteiger partial charge on any atom is -0.497 e. The molecule has 1 aliphatic heterocycles. The van der Waals surface area contributed by atoms with Gasteiger partial charge in [-0.3, -0.25) is 4.79 Å². The number of methoxy groups -OCH3 is 3. The zero-order valence-corrected chi connectivity index (χ0v) is 15.4. The molecule has 0 bridgehead atoms. The zero-order chi connectivity index (χ0) is 18.7. The number of benzene rings is 2. The monoisotopic (exact) mass is 354 g/mol. The van der Waals surface area contributed by atoms with Crippen molar-refractivity contribution in [1.82, 2.24) is 5.01 Å². The Kier molecular flexibility index (Phi) is 5.11. The molecule has 1 aliphatic rings. The van der Waals surface area contributed by atoms with Crippen molar-refractivity contribution in [2.24, 2.45) is 5.10 Å². The molecule has 2 aromatic rings. The molecule has 3 rings (SSSR count). The van der Waals surface area contributed by atoms with Crippen molar-refractivity contribution in [3.05, 3.63) is 53.6 Å². The van der Waals surface area contributed by atoms with Crippen molar-refractivity contribution in [2.45, 2.75) is 19.4 Å². The highest BCUT2D eigenvalue weighted by atomic mass is 16.5. The first-order valence-electron chi connectivity index (χ1n) is 8.31. The first-order chi connectivity index (χ1) is 12.6. The molecule has 1 heterocycles. The molecule has 2 aromatic carbocycles. The summed E-state index contributed by atoms with van der Waals surface area (Å²) in [4.78, 5) is 12.1. The maximum absolute atomic E-state index is 12.1. The summed E-state index contributed by atoms with van der Waals surface area (Å²) in [5, 5.41) is 6.09. The van der Waals surface area contributed by atoms with E-state index < -0.39 is 0 Å². The van der Waals surface area contributed by atoms with E-state index >= 15 is 0 Å². The number of nitrogens with zero attached hydrogens (tertiary/aromatic N) is 2. The number of amides is 1. The molecule has 0 aromatic heterocycles. The first kappa shape index (κ1) is 17.8. The third-order valence-electron chi connectivity index (χ3n) is 4.43. The number of ether oxygens (including phenoxy) is 3. The Labute approximate surface area is 153 Å². The maximum atomic E-state index is 12.1. The van der Waals surface area contributed by atoms with Gasteiger partial charge in [-0.2, -0.15) is 5.10 Å². The summed E-state index contributed by atoms with van der Waals surface area (Å²) in [5.74, 6) is 1.93. The van der Waals surface area contributed by atoms with Gasteiger partial charge in [0.05, 0.1) is 33.1 Å². The summed E-state index contributed by atoms with van der Waals surface area (Å²) >= 11 is 0. The highest BCUT2D eigenvalue weighted by molar-refractivity contribution is 6.03. The van der Waals surface area contributed by atoms with E-state index in [4.69, 9.17) is 14.2 Å². The minimum atomic E-state index is -0.187. The van der Waals surface area contributed by atoms with E-state index in [1.807, 2.05) is 42.5 Å². The zero-order valence-electron chi connectivity index (χ0n) is 15.4. The molecule has 0 N–H and O–H groups in total. The third-order valence-corrected chi connectivity index (χ3v) is 4.43. The summed E-state index contributed by atoms with van der Waals surface area (Å²) in [5.41, 5.74) is 2.73. The van der Waals surface area contributed by atoms with Crippen LogP contribution in [0, 0.1) is 0 Å². The van der Waals surface area contributed by atoms with Crippen LogP contribution in [0.25, 0.3) is 0 Å². The Hall–Kier alpha value is -3.02. The Balaban J connectivity index is 1.95. The van der Waals surface area contributed by atoms with Crippen LogP contribution in [0.2, 0.25) is 0 Å². The number of hydrazone groups is 1. The number of rotatable bonds is 5. The molecule has 0 unspecified atom stereocenters. The molecule has 1 amide bonds. The van der Waals surface area contributed by atoms with E-state index in [1.54, 1.807) is 21.3 Å². The van der Waals surface area contributed by atoms with Crippen molar-refractivity contribution < 1.29 is 19.0 Å². The topological polar surface area (TPSA) is 60.4 Å². The molecule has 26 heavy (non-hydrogen) atoms. The summed E-state index contributed by atoms with van der Waals surface area (Å²) in [7, 11) is 4.82. The molecule has 6 heteroatoms.